The molecule has 7 nitrogen and oxygen atoms in total. The minimum Gasteiger partial charge on any atom is -0.467 e. The average molecular weight is 479 g/mol. The van der Waals surface area contributed by atoms with Crippen LogP contribution in [0.4, 0.5) is 5.95 Å². The molecule has 1 unspecified atom stereocenters. The van der Waals surface area contributed by atoms with Gasteiger partial charge < -0.3 is 9.64 Å². The third-order valence-corrected chi connectivity index (χ3v) is 7.53. The highest BCUT2D eigenvalue weighted by atomic mass is 32.2. The topological polar surface area (TPSA) is 76.9 Å². The maximum Gasteiger partial charge on any atom is 0.276 e. The number of aryl methyl sites for hydroxylation is 1. The van der Waals surface area contributed by atoms with Gasteiger partial charge in [-0.3, -0.25) is 0 Å². The Morgan fingerprint density at radius 1 is 1.03 bits per heavy atom. The predicted molar refractivity (Wildman–Crippen MR) is 134 cm³/mol. The van der Waals surface area contributed by atoms with E-state index in [1.165, 1.54) is 11.3 Å². The van der Waals surface area contributed by atoms with Gasteiger partial charge in [-0.25, -0.2) is 24.9 Å². The van der Waals surface area contributed by atoms with E-state index >= 15 is 0 Å². The molecule has 4 aromatic heterocycles. The number of anilines is 1. The number of hydrogen-bond acceptors (Lipinski definition) is 9. The molecular weight excluding hydrogens is 452 g/mol. The van der Waals surface area contributed by atoms with Crippen LogP contribution in [0.2, 0.25) is 0 Å². The Hall–Kier alpha value is -2.78. The standard InChI is InChI=1S/C24H26N6OS2/c1-15-12-26-23(27-13-15)30-10-8-17(9-11-30)16(2)31-24-29-20-6-5-19(28-22(20)33-24)18-4-7-21(32-3)25-14-18/h4-7,12-14,16-17H,8-11H2,1-3H3. The van der Waals surface area contributed by atoms with Crippen molar-refractivity contribution >= 4 is 39.4 Å². The summed E-state index contributed by atoms with van der Waals surface area (Å²) in [7, 11) is 0. The maximum absolute atomic E-state index is 6.27. The van der Waals surface area contributed by atoms with Gasteiger partial charge >= 0.3 is 0 Å². The Labute approximate surface area is 201 Å². The number of pyridine rings is 2. The quantitative estimate of drug-likeness (QED) is 0.348. The SMILES string of the molecule is CSc1ccc(-c2ccc3nc(OC(C)C4CCN(c5ncc(C)cn5)CC4)sc3n2)cn1. The summed E-state index contributed by atoms with van der Waals surface area (Å²) < 4.78 is 6.27. The first-order chi connectivity index (χ1) is 16.1. The first kappa shape index (κ1) is 22.0. The Kier molecular flexibility index (Phi) is 6.41. The Morgan fingerprint density at radius 2 is 1.82 bits per heavy atom. The van der Waals surface area contributed by atoms with Crippen LogP contribution in [0.3, 0.4) is 0 Å². The lowest BCUT2D eigenvalue weighted by molar-refractivity contribution is 0.132. The van der Waals surface area contributed by atoms with Gasteiger partial charge in [0.2, 0.25) is 5.95 Å². The van der Waals surface area contributed by atoms with Gasteiger partial charge in [0.15, 0.2) is 0 Å². The normalized spacial score (nSPS) is 15.7. The zero-order valence-electron chi connectivity index (χ0n) is 18.9. The highest BCUT2D eigenvalue weighted by Gasteiger charge is 2.27. The predicted octanol–water partition coefficient (Wildman–Crippen LogP) is 5.26. The second kappa shape index (κ2) is 9.61. The van der Waals surface area contributed by atoms with Gasteiger partial charge in [-0.1, -0.05) is 11.3 Å². The Morgan fingerprint density at radius 3 is 2.52 bits per heavy atom. The molecule has 9 heteroatoms. The molecule has 0 radical (unpaired) electrons. The summed E-state index contributed by atoms with van der Waals surface area (Å²) in [5.41, 5.74) is 3.85. The Bertz CT molecular complexity index is 1220. The van der Waals surface area contributed by atoms with Gasteiger partial charge in [-0.15, -0.1) is 11.8 Å². The summed E-state index contributed by atoms with van der Waals surface area (Å²) in [6.07, 6.45) is 9.83. The van der Waals surface area contributed by atoms with Gasteiger partial charge in [0.25, 0.3) is 5.19 Å². The highest BCUT2D eigenvalue weighted by molar-refractivity contribution is 7.98. The summed E-state index contributed by atoms with van der Waals surface area (Å²) in [6, 6.07) is 8.08. The molecule has 1 atom stereocenters. The zero-order chi connectivity index (χ0) is 22.8. The van der Waals surface area contributed by atoms with E-state index in [2.05, 4.69) is 37.8 Å². The zero-order valence-corrected chi connectivity index (χ0v) is 20.6. The van der Waals surface area contributed by atoms with Gasteiger partial charge in [-0.05, 0) is 68.7 Å². The molecule has 1 fully saturated rings. The molecule has 1 aliphatic rings. The average Bonchev–Trinajstić information content (AvgIpc) is 3.26. The van der Waals surface area contributed by atoms with Crippen LogP contribution >= 0.6 is 23.1 Å². The molecule has 0 aromatic carbocycles. The molecule has 0 spiro atoms. The number of nitrogens with zero attached hydrogens (tertiary/aromatic N) is 6. The highest BCUT2D eigenvalue weighted by Crippen LogP contribution is 2.32. The van der Waals surface area contributed by atoms with Crippen molar-refractivity contribution in [2.75, 3.05) is 24.2 Å². The third kappa shape index (κ3) is 4.94. The molecule has 0 saturated carbocycles. The van der Waals surface area contributed by atoms with Crippen molar-refractivity contribution in [1.29, 1.82) is 0 Å². The first-order valence-electron chi connectivity index (χ1n) is 11.1. The van der Waals surface area contributed by atoms with Gasteiger partial charge in [-0.2, -0.15) is 0 Å². The minimum absolute atomic E-state index is 0.0920. The second-order valence-electron chi connectivity index (χ2n) is 8.30. The van der Waals surface area contributed by atoms with E-state index < -0.39 is 0 Å². The minimum atomic E-state index is 0.0920. The molecular formula is C24H26N6OS2. The monoisotopic (exact) mass is 478 g/mol. The van der Waals surface area contributed by atoms with Crippen LogP contribution in [0.5, 0.6) is 5.19 Å². The van der Waals surface area contributed by atoms with Gasteiger partial charge in [0.05, 0.1) is 10.7 Å². The van der Waals surface area contributed by atoms with Crippen molar-refractivity contribution in [1.82, 2.24) is 24.9 Å². The van der Waals surface area contributed by atoms with Gasteiger partial charge in [0.1, 0.15) is 16.5 Å². The number of ether oxygens (including phenoxy) is 1. The number of hydrogen-bond donors (Lipinski definition) is 0. The van der Waals surface area contributed by atoms with E-state index in [1.54, 1.807) is 11.8 Å². The van der Waals surface area contributed by atoms with Gasteiger partial charge in [0, 0.05) is 37.2 Å². The number of piperidine rings is 1. The third-order valence-electron chi connectivity index (χ3n) is 6.02. The summed E-state index contributed by atoms with van der Waals surface area (Å²) in [4.78, 5) is 26.0. The smallest absolute Gasteiger partial charge is 0.276 e. The van der Waals surface area contributed by atoms with E-state index in [-0.39, 0.29) is 6.10 Å². The van der Waals surface area contributed by atoms with Crippen molar-refractivity contribution in [2.45, 2.75) is 37.8 Å². The van der Waals surface area contributed by atoms with Crippen molar-refractivity contribution in [3.63, 3.8) is 0 Å². The van der Waals surface area contributed by atoms with E-state index in [0.717, 1.165) is 64.1 Å². The van der Waals surface area contributed by atoms with Crippen LogP contribution < -0.4 is 9.64 Å². The molecule has 0 amide bonds. The molecule has 0 aliphatic carbocycles. The van der Waals surface area contributed by atoms with Crippen LogP contribution in [-0.4, -0.2) is 50.4 Å². The van der Waals surface area contributed by atoms with Crippen LogP contribution in [0.15, 0.2) is 47.9 Å². The van der Waals surface area contributed by atoms with Crippen molar-refractivity contribution in [3.05, 3.63) is 48.4 Å². The fraction of sp³-hybridized carbons (Fsp3) is 0.375. The fourth-order valence-corrected chi connectivity index (χ4v) is 5.27. The van der Waals surface area contributed by atoms with Crippen molar-refractivity contribution < 1.29 is 4.74 Å². The lowest BCUT2D eigenvalue weighted by Gasteiger charge is -2.34. The molecule has 4 aromatic rings. The maximum atomic E-state index is 6.27. The van der Waals surface area contributed by atoms with Crippen LogP contribution in [0.25, 0.3) is 21.6 Å². The summed E-state index contributed by atoms with van der Waals surface area (Å²) >= 11 is 3.14. The molecule has 5 rings (SSSR count). The summed E-state index contributed by atoms with van der Waals surface area (Å²) in [5, 5.41) is 1.68. The molecule has 1 aliphatic heterocycles. The Balaban J connectivity index is 1.23. The number of aromatic nitrogens is 5. The lowest BCUT2D eigenvalue weighted by Crippen LogP contribution is -2.39. The molecule has 0 N–H and O–H groups in total. The molecule has 170 valence electrons. The van der Waals surface area contributed by atoms with E-state index in [9.17, 15) is 0 Å². The number of thioether (sulfide) groups is 1. The van der Waals surface area contributed by atoms with E-state index in [0.29, 0.717) is 11.1 Å². The van der Waals surface area contributed by atoms with Crippen molar-refractivity contribution in [2.24, 2.45) is 5.92 Å². The number of thiazole rings is 1. The lowest BCUT2D eigenvalue weighted by atomic mass is 9.92. The first-order valence-corrected chi connectivity index (χ1v) is 13.1. The molecule has 1 saturated heterocycles. The second-order valence-corrected chi connectivity index (χ2v) is 10.1. The number of rotatable bonds is 6. The largest absolute Gasteiger partial charge is 0.467 e. The van der Waals surface area contributed by atoms with Crippen LogP contribution in [0.1, 0.15) is 25.3 Å². The van der Waals surface area contributed by atoms with E-state index in [1.807, 2.05) is 50.0 Å². The molecule has 0 bridgehead atoms. The molecule has 33 heavy (non-hydrogen) atoms. The van der Waals surface area contributed by atoms with Crippen LogP contribution in [0, 0.1) is 12.8 Å². The summed E-state index contributed by atoms with van der Waals surface area (Å²) in [6.45, 7) is 6.03. The van der Waals surface area contributed by atoms with Crippen molar-refractivity contribution in [3.8, 4) is 16.5 Å². The van der Waals surface area contributed by atoms with E-state index in [4.69, 9.17) is 9.72 Å². The fourth-order valence-electron chi connectivity index (χ4n) is 4.03. The van der Waals surface area contributed by atoms with Crippen LogP contribution in [-0.2, 0) is 0 Å². The number of fused-ring (bicyclic) bond motifs is 1. The molecule has 5 heterocycles. The summed E-state index contributed by atoms with van der Waals surface area (Å²) in [5.74, 6) is 1.29.